The first kappa shape index (κ1) is 13.4. The van der Waals surface area contributed by atoms with Crippen molar-refractivity contribution in [1.29, 1.82) is 0 Å². The first-order valence-corrected chi connectivity index (χ1v) is 4.70. The van der Waals surface area contributed by atoms with Crippen LogP contribution < -0.4 is 5.32 Å². The van der Waals surface area contributed by atoms with Crippen LogP contribution in [0.5, 0.6) is 0 Å². The minimum absolute atomic E-state index is 0.312. The Balaban J connectivity index is 2.64. The standard InChI is InChI=1S/C10H10F4N2O/c1-6-3-2-4-15-7(6)5-16-9(17)10(13,14)8(11)12/h2-4,8H,5H2,1H3,(H,16,17). The molecule has 0 aliphatic rings. The maximum absolute atomic E-state index is 12.6. The zero-order valence-corrected chi connectivity index (χ0v) is 8.88. The second-order valence-corrected chi connectivity index (χ2v) is 3.37. The van der Waals surface area contributed by atoms with Crippen molar-refractivity contribution in [3.8, 4) is 0 Å². The average Bonchev–Trinajstić information content (AvgIpc) is 2.27. The van der Waals surface area contributed by atoms with Gasteiger partial charge in [-0.15, -0.1) is 0 Å². The Morgan fingerprint density at radius 3 is 2.71 bits per heavy atom. The van der Waals surface area contributed by atoms with E-state index in [0.717, 1.165) is 0 Å². The van der Waals surface area contributed by atoms with Crippen LogP contribution in [0, 0.1) is 6.92 Å². The summed E-state index contributed by atoms with van der Waals surface area (Å²) >= 11 is 0. The number of nitrogens with one attached hydrogen (secondary N) is 1. The second kappa shape index (κ2) is 5.11. The van der Waals surface area contributed by atoms with E-state index < -0.39 is 18.3 Å². The topological polar surface area (TPSA) is 42.0 Å². The summed E-state index contributed by atoms with van der Waals surface area (Å²) < 4.78 is 48.8. The predicted molar refractivity (Wildman–Crippen MR) is 51.8 cm³/mol. The zero-order chi connectivity index (χ0) is 13.1. The summed E-state index contributed by atoms with van der Waals surface area (Å²) in [5.74, 6) is -6.68. The molecule has 0 aromatic carbocycles. The van der Waals surface area contributed by atoms with E-state index in [2.05, 4.69) is 4.98 Å². The minimum atomic E-state index is -4.68. The first-order valence-electron chi connectivity index (χ1n) is 4.70. The third-order valence-corrected chi connectivity index (χ3v) is 2.11. The number of nitrogens with zero attached hydrogens (tertiary/aromatic N) is 1. The summed E-state index contributed by atoms with van der Waals surface area (Å²) in [6, 6.07) is 3.30. The molecular weight excluding hydrogens is 240 g/mol. The van der Waals surface area contributed by atoms with Gasteiger partial charge in [0, 0.05) is 6.20 Å². The van der Waals surface area contributed by atoms with Gasteiger partial charge in [0.05, 0.1) is 12.2 Å². The van der Waals surface area contributed by atoms with Crippen molar-refractivity contribution in [3.05, 3.63) is 29.6 Å². The Morgan fingerprint density at radius 2 is 2.18 bits per heavy atom. The van der Waals surface area contributed by atoms with Crippen molar-refractivity contribution in [1.82, 2.24) is 10.3 Å². The molecule has 0 aliphatic heterocycles. The fourth-order valence-corrected chi connectivity index (χ4v) is 1.08. The zero-order valence-electron chi connectivity index (χ0n) is 8.88. The molecule has 0 radical (unpaired) electrons. The molecular formula is C10H10F4N2O. The van der Waals surface area contributed by atoms with Crippen LogP contribution in [0.3, 0.4) is 0 Å². The molecule has 0 aliphatic carbocycles. The lowest BCUT2D eigenvalue weighted by Gasteiger charge is -2.14. The number of aryl methyl sites for hydroxylation is 1. The molecule has 1 heterocycles. The fourth-order valence-electron chi connectivity index (χ4n) is 1.08. The van der Waals surface area contributed by atoms with Gasteiger partial charge in [0.2, 0.25) is 0 Å². The summed E-state index contributed by atoms with van der Waals surface area (Å²) in [6.45, 7) is 1.35. The van der Waals surface area contributed by atoms with Crippen LogP contribution in [-0.4, -0.2) is 23.2 Å². The van der Waals surface area contributed by atoms with E-state index in [1.807, 2.05) is 0 Å². The number of halogens is 4. The summed E-state index contributed by atoms with van der Waals surface area (Å²) in [6.07, 6.45) is -2.60. The van der Waals surface area contributed by atoms with E-state index in [9.17, 15) is 22.4 Å². The van der Waals surface area contributed by atoms with Gasteiger partial charge in [-0.25, -0.2) is 8.78 Å². The van der Waals surface area contributed by atoms with Gasteiger partial charge in [0.1, 0.15) is 0 Å². The van der Waals surface area contributed by atoms with E-state index in [1.54, 1.807) is 24.4 Å². The van der Waals surface area contributed by atoms with Crippen LogP contribution in [0.2, 0.25) is 0 Å². The highest BCUT2D eigenvalue weighted by Crippen LogP contribution is 2.22. The smallest absolute Gasteiger partial charge is 0.345 e. The molecule has 0 saturated heterocycles. The Bertz CT molecular complexity index is 409. The summed E-state index contributed by atoms with van der Waals surface area (Å²) in [5.41, 5.74) is 1.03. The van der Waals surface area contributed by atoms with Crippen molar-refractivity contribution >= 4 is 5.91 Å². The van der Waals surface area contributed by atoms with Gasteiger partial charge in [-0.1, -0.05) is 6.07 Å². The Labute approximate surface area is 94.8 Å². The van der Waals surface area contributed by atoms with E-state index in [0.29, 0.717) is 11.3 Å². The van der Waals surface area contributed by atoms with Crippen LogP contribution in [0.4, 0.5) is 17.6 Å². The molecule has 0 fully saturated rings. The molecule has 1 aromatic rings. The van der Waals surface area contributed by atoms with E-state index in [-0.39, 0.29) is 6.54 Å². The summed E-state index contributed by atoms with van der Waals surface area (Å²) in [7, 11) is 0. The number of aromatic nitrogens is 1. The van der Waals surface area contributed by atoms with Crippen LogP contribution >= 0.6 is 0 Å². The van der Waals surface area contributed by atoms with Gasteiger partial charge < -0.3 is 5.32 Å². The minimum Gasteiger partial charge on any atom is -0.345 e. The number of carbonyl (C=O) groups excluding carboxylic acids is 1. The van der Waals surface area contributed by atoms with Gasteiger partial charge in [0.25, 0.3) is 5.91 Å². The Kier molecular flexibility index (Phi) is 4.03. The van der Waals surface area contributed by atoms with Gasteiger partial charge in [0.15, 0.2) is 0 Å². The van der Waals surface area contributed by atoms with Gasteiger partial charge in [-0.2, -0.15) is 8.78 Å². The van der Waals surface area contributed by atoms with E-state index in [1.165, 1.54) is 6.20 Å². The molecule has 0 spiro atoms. The number of pyridine rings is 1. The lowest BCUT2D eigenvalue weighted by Crippen LogP contribution is -2.45. The number of rotatable bonds is 4. The molecule has 0 atom stereocenters. The lowest BCUT2D eigenvalue weighted by atomic mass is 10.2. The highest BCUT2D eigenvalue weighted by molar-refractivity contribution is 5.83. The first-order chi connectivity index (χ1) is 7.85. The fraction of sp³-hybridized carbons (Fsp3) is 0.400. The van der Waals surface area contributed by atoms with Crippen molar-refractivity contribution in [2.75, 3.05) is 0 Å². The highest BCUT2D eigenvalue weighted by Gasteiger charge is 2.48. The Morgan fingerprint density at radius 1 is 1.53 bits per heavy atom. The third kappa shape index (κ3) is 3.15. The largest absolute Gasteiger partial charge is 0.383 e. The maximum Gasteiger partial charge on any atom is 0.383 e. The molecule has 17 heavy (non-hydrogen) atoms. The summed E-state index contributed by atoms with van der Waals surface area (Å²) in [4.78, 5) is 14.7. The average molecular weight is 250 g/mol. The molecule has 0 bridgehead atoms. The SMILES string of the molecule is Cc1cccnc1CNC(=O)C(F)(F)C(F)F. The number of alkyl halides is 4. The molecule has 1 amide bonds. The predicted octanol–water partition coefficient (Wildman–Crippen LogP) is 1.91. The monoisotopic (exact) mass is 250 g/mol. The van der Waals surface area contributed by atoms with Crippen molar-refractivity contribution in [3.63, 3.8) is 0 Å². The van der Waals surface area contributed by atoms with Crippen LogP contribution in [0.1, 0.15) is 11.3 Å². The number of hydrogen-bond acceptors (Lipinski definition) is 2. The van der Waals surface area contributed by atoms with Crippen molar-refractivity contribution in [2.45, 2.75) is 25.8 Å². The normalized spacial score (nSPS) is 11.6. The van der Waals surface area contributed by atoms with Crippen molar-refractivity contribution in [2.24, 2.45) is 0 Å². The molecule has 0 saturated carbocycles. The number of hydrogen-bond donors (Lipinski definition) is 1. The Hall–Kier alpha value is -1.66. The molecule has 7 heteroatoms. The molecule has 1 aromatic heterocycles. The van der Waals surface area contributed by atoms with Crippen LogP contribution in [0.25, 0.3) is 0 Å². The second-order valence-electron chi connectivity index (χ2n) is 3.37. The van der Waals surface area contributed by atoms with E-state index in [4.69, 9.17) is 0 Å². The van der Waals surface area contributed by atoms with Crippen molar-refractivity contribution < 1.29 is 22.4 Å². The summed E-state index contributed by atoms with van der Waals surface area (Å²) in [5, 5.41) is 1.73. The number of carbonyl (C=O) groups is 1. The van der Waals surface area contributed by atoms with Crippen LogP contribution in [-0.2, 0) is 11.3 Å². The molecule has 1 N–H and O–H groups in total. The molecule has 1 rings (SSSR count). The third-order valence-electron chi connectivity index (χ3n) is 2.11. The van der Waals surface area contributed by atoms with Gasteiger partial charge in [-0.05, 0) is 18.6 Å². The van der Waals surface area contributed by atoms with Gasteiger partial charge in [-0.3, -0.25) is 9.78 Å². The molecule has 0 unspecified atom stereocenters. The van der Waals surface area contributed by atoms with Gasteiger partial charge >= 0.3 is 12.3 Å². The van der Waals surface area contributed by atoms with E-state index >= 15 is 0 Å². The van der Waals surface area contributed by atoms with Crippen LogP contribution in [0.15, 0.2) is 18.3 Å². The molecule has 94 valence electrons. The molecule has 3 nitrogen and oxygen atoms in total. The quantitative estimate of drug-likeness (QED) is 0.829. The number of amides is 1. The lowest BCUT2D eigenvalue weighted by molar-refractivity contribution is -0.169. The maximum atomic E-state index is 12.6. The highest BCUT2D eigenvalue weighted by atomic mass is 19.3.